The van der Waals surface area contributed by atoms with Crippen molar-refractivity contribution in [3.05, 3.63) is 53.1 Å². The number of ether oxygens (including phenoxy) is 2. The van der Waals surface area contributed by atoms with Crippen LogP contribution in [0.4, 0.5) is 5.69 Å². The Bertz CT molecular complexity index is 771. The quantitative estimate of drug-likeness (QED) is 0.576. The van der Waals surface area contributed by atoms with Gasteiger partial charge < -0.3 is 14.8 Å². The largest absolute Gasteiger partial charge is 0.497 e. The van der Waals surface area contributed by atoms with E-state index in [1.807, 2.05) is 32.0 Å². The van der Waals surface area contributed by atoms with Gasteiger partial charge in [-0.3, -0.25) is 15.6 Å². The van der Waals surface area contributed by atoms with Crippen LogP contribution in [0.15, 0.2) is 36.4 Å². The fraction of sp³-hybridized carbons (Fsp3) is 0.222. The lowest BCUT2D eigenvalue weighted by Gasteiger charge is -2.14. The molecule has 2 aromatic rings. The summed E-state index contributed by atoms with van der Waals surface area (Å²) in [5.74, 6) is 0.697. The van der Waals surface area contributed by atoms with E-state index in [-0.39, 0.29) is 11.0 Å². The Morgan fingerprint density at radius 1 is 0.960 bits per heavy atom. The van der Waals surface area contributed by atoms with Crippen molar-refractivity contribution in [1.29, 1.82) is 0 Å². The Balaban J connectivity index is 1.98. The zero-order chi connectivity index (χ0) is 18.4. The number of rotatable bonds is 4. The Labute approximate surface area is 152 Å². The summed E-state index contributed by atoms with van der Waals surface area (Å²) in [5, 5.41) is 3.33. The van der Waals surface area contributed by atoms with E-state index < -0.39 is 0 Å². The molecule has 0 aromatic heterocycles. The Hall–Kier alpha value is -2.80. The molecule has 3 N–H and O–H groups in total. The van der Waals surface area contributed by atoms with Crippen LogP contribution in [0.3, 0.4) is 0 Å². The smallest absolute Gasteiger partial charge is 0.269 e. The number of hydrogen-bond donors (Lipinski definition) is 3. The highest BCUT2D eigenvalue weighted by atomic mass is 32.1. The molecular formula is C18H21N3O3S. The van der Waals surface area contributed by atoms with E-state index in [9.17, 15) is 4.79 Å². The second-order valence-electron chi connectivity index (χ2n) is 5.45. The first-order valence-electron chi connectivity index (χ1n) is 7.60. The number of methoxy groups -OCH3 is 2. The van der Waals surface area contributed by atoms with Crippen molar-refractivity contribution in [2.24, 2.45) is 0 Å². The molecule has 0 spiro atoms. The third-order valence-corrected chi connectivity index (χ3v) is 3.74. The van der Waals surface area contributed by atoms with Crippen molar-refractivity contribution in [2.45, 2.75) is 13.8 Å². The molecule has 6 nitrogen and oxygen atoms in total. The number of nitrogens with one attached hydrogen (secondary N) is 3. The molecule has 0 aliphatic rings. The normalized spacial score (nSPS) is 9.92. The van der Waals surface area contributed by atoms with Crippen LogP contribution in [-0.2, 0) is 0 Å². The van der Waals surface area contributed by atoms with Crippen molar-refractivity contribution >= 4 is 28.9 Å². The first-order chi connectivity index (χ1) is 11.9. The van der Waals surface area contributed by atoms with Gasteiger partial charge in [0.2, 0.25) is 0 Å². The second kappa shape index (κ2) is 8.34. The number of thiocarbonyl (C=S) groups is 1. The van der Waals surface area contributed by atoms with Gasteiger partial charge in [-0.05, 0) is 49.8 Å². The summed E-state index contributed by atoms with van der Waals surface area (Å²) in [5.41, 5.74) is 8.73. The average molecular weight is 359 g/mol. The maximum Gasteiger partial charge on any atom is 0.269 e. The molecule has 0 aliphatic heterocycles. The number of amides is 1. The number of hydrogen-bond acceptors (Lipinski definition) is 4. The van der Waals surface area contributed by atoms with Crippen LogP contribution < -0.4 is 25.6 Å². The lowest BCUT2D eigenvalue weighted by Crippen LogP contribution is -2.43. The van der Waals surface area contributed by atoms with Crippen LogP contribution in [-0.4, -0.2) is 25.2 Å². The number of anilines is 1. The molecule has 1 amide bonds. The molecular weight excluding hydrogens is 338 g/mol. The van der Waals surface area contributed by atoms with Gasteiger partial charge in [-0.15, -0.1) is 0 Å². The van der Waals surface area contributed by atoms with Gasteiger partial charge in [0.15, 0.2) is 5.11 Å². The van der Waals surface area contributed by atoms with E-state index in [0.29, 0.717) is 17.1 Å². The van der Waals surface area contributed by atoms with E-state index in [4.69, 9.17) is 21.7 Å². The van der Waals surface area contributed by atoms with Crippen LogP contribution >= 0.6 is 12.2 Å². The van der Waals surface area contributed by atoms with Crippen LogP contribution in [0.25, 0.3) is 0 Å². The lowest BCUT2D eigenvalue weighted by molar-refractivity contribution is 0.0943. The molecule has 0 heterocycles. The van der Waals surface area contributed by atoms with Crippen LogP contribution in [0.1, 0.15) is 21.5 Å². The molecule has 7 heteroatoms. The van der Waals surface area contributed by atoms with E-state index in [1.165, 1.54) is 19.8 Å². The Morgan fingerprint density at radius 2 is 1.60 bits per heavy atom. The second-order valence-corrected chi connectivity index (χ2v) is 5.86. The minimum absolute atomic E-state index is 0.287. The van der Waals surface area contributed by atoms with Gasteiger partial charge in [0.25, 0.3) is 5.91 Å². The molecule has 0 bridgehead atoms. The Kier molecular flexibility index (Phi) is 6.19. The summed E-state index contributed by atoms with van der Waals surface area (Å²) in [6.45, 7) is 4.01. The number of carbonyl (C=O) groups excluding carboxylic acids is 1. The highest BCUT2D eigenvalue weighted by Gasteiger charge is 2.10. The minimum Gasteiger partial charge on any atom is -0.497 e. The predicted octanol–water partition coefficient (Wildman–Crippen LogP) is 2.95. The third kappa shape index (κ3) is 5.09. The SMILES string of the molecule is COc1cc(OC)cc(C(=O)NNC(=S)Nc2ccc(C)cc2C)c1. The van der Waals surface area contributed by atoms with E-state index in [0.717, 1.165) is 11.3 Å². The molecule has 0 saturated heterocycles. The number of aryl methyl sites for hydroxylation is 2. The van der Waals surface area contributed by atoms with Gasteiger partial charge in [-0.25, -0.2) is 0 Å². The van der Waals surface area contributed by atoms with E-state index in [2.05, 4.69) is 16.2 Å². The molecule has 0 radical (unpaired) electrons. The van der Waals surface area contributed by atoms with Crippen molar-refractivity contribution in [3.63, 3.8) is 0 Å². The standard InChI is InChI=1S/C18H21N3O3S/c1-11-5-6-16(12(2)7-11)19-18(25)21-20-17(22)13-8-14(23-3)10-15(9-13)24-4/h5-10H,1-4H3,(H,20,22)(H2,19,21,25). The van der Waals surface area contributed by atoms with Gasteiger partial charge in [-0.1, -0.05) is 17.7 Å². The summed E-state index contributed by atoms with van der Waals surface area (Å²) in [7, 11) is 3.05. The minimum atomic E-state index is -0.359. The summed E-state index contributed by atoms with van der Waals surface area (Å²) in [4.78, 5) is 12.3. The number of carbonyl (C=O) groups is 1. The zero-order valence-corrected chi connectivity index (χ0v) is 15.4. The molecule has 132 valence electrons. The van der Waals surface area contributed by atoms with Crippen LogP contribution in [0.5, 0.6) is 11.5 Å². The molecule has 25 heavy (non-hydrogen) atoms. The molecule has 2 aromatic carbocycles. The maximum absolute atomic E-state index is 12.3. The first kappa shape index (κ1) is 18.5. The van der Waals surface area contributed by atoms with Gasteiger partial charge >= 0.3 is 0 Å². The highest BCUT2D eigenvalue weighted by molar-refractivity contribution is 7.80. The highest BCUT2D eigenvalue weighted by Crippen LogP contribution is 2.22. The summed E-state index contributed by atoms with van der Waals surface area (Å²) >= 11 is 5.21. The summed E-state index contributed by atoms with van der Waals surface area (Å²) < 4.78 is 10.3. The number of hydrazine groups is 1. The van der Waals surface area contributed by atoms with E-state index in [1.54, 1.807) is 18.2 Å². The summed E-state index contributed by atoms with van der Waals surface area (Å²) in [6.07, 6.45) is 0. The number of benzene rings is 2. The predicted molar refractivity (Wildman–Crippen MR) is 102 cm³/mol. The van der Waals surface area contributed by atoms with Crippen molar-refractivity contribution in [1.82, 2.24) is 10.9 Å². The molecule has 0 atom stereocenters. The maximum atomic E-state index is 12.3. The van der Waals surface area contributed by atoms with Crippen LogP contribution in [0.2, 0.25) is 0 Å². The van der Waals surface area contributed by atoms with Gasteiger partial charge in [0.05, 0.1) is 14.2 Å². The van der Waals surface area contributed by atoms with Crippen molar-refractivity contribution in [3.8, 4) is 11.5 Å². The van der Waals surface area contributed by atoms with Crippen molar-refractivity contribution in [2.75, 3.05) is 19.5 Å². The molecule has 0 aliphatic carbocycles. The monoisotopic (exact) mass is 359 g/mol. The average Bonchev–Trinajstić information content (AvgIpc) is 2.61. The van der Waals surface area contributed by atoms with E-state index >= 15 is 0 Å². The van der Waals surface area contributed by atoms with Gasteiger partial charge in [0.1, 0.15) is 11.5 Å². The molecule has 0 unspecified atom stereocenters. The topological polar surface area (TPSA) is 71.6 Å². The molecule has 0 fully saturated rings. The van der Waals surface area contributed by atoms with Gasteiger partial charge in [0, 0.05) is 17.3 Å². The first-order valence-corrected chi connectivity index (χ1v) is 8.01. The fourth-order valence-electron chi connectivity index (χ4n) is 2.23. The zero-order valence-electron chi connectivity index (χ0n) is 14.6. The lowest BCUT2D eigenvalue weighted by atomic mass is 10.1. The molecule has 0 saturated carbocycles. The Morgan fingerprint density at radius 3 is 2.16 bits per heavy atom. The van der Waals surface area contributed by atoms with Gasteiger partial charge in [-0.2, -0.15) is 0 Å². The van der Waals surface area contributed by atoms with Crippen molar-refractivity contribution < 1.29 is 14.3 Å². The summed E-state index contributed by atoms with van der Waals surface area (Å²) in [6, 6.07) is 10.9. The van der Waals surface area contributed by atoms with Crippen LogP contribution in [0, 0.1) is 13.8 Å². The third-order valence-electron chi connectivity index (χ3n) is 3.53. The fourth-order valence-corrected chi connectivity index (χ4v) is 2.39. The molecule has 2 rings (SSSR count).